The molecular weight excluding hydrogens is 258 g/mol. The van der Waals surface area contributed by atoms with Crippen LogP contribution in [0.15, 0.2) is 0 Å². The minimum atomic E-state index is -0.358. The molecule has 4 aliphatic carbocycles. The highest BCUT2D eigenvalue weighted by molar-refractivity contribution is 5.84. The second-order valence-corrected chi connectivity index (χ2v) is 9.24. The average molecular weight is 287 g/mol. The van der Waals surface area contributed by atoms with Crippen LogP contribution >= 0.6 is 0 Å². The molecule has 2 heteroatoms. The van der Waals surface area contributed by atoms with Crippen molar-refractivity contribution in [3.05, 3.63) is 0 Å². The van der Waals surface area contributed by atoms with Crippen molar-refractivity contribution < 1.29 is 4.79 Å². The van der Waals surface area contributed by atoms with E-state index in [0.717, 1.165) is 18.8 Å². The quantitative estimate of drug-likeness (QED) is 0.723. The molecule has 3 unspecified atom stereocenters. The Bertz CT molecular complexity index is 470. The molecule has 4 fully saturated rings. The number of carbonyl (C=O) groups excluding carboxylic acids is 1. The van der Waals surface area contributed by atoms with Gasteiger partial charge in [0, 0.05) is 6.42 Å². The summed E-state index contributed by atoms with van der Waals surface area (Å²) in [4.78, 5) is 12.6. The molecule has 4 bridgehead atoms. The zero-order chi connectivity index (χ0) is 15.3. The van der Waals surface area contributed by atoms with Crippen LogP contribution in [-0.2, 0) is 4.79 Å². The minimum Gasteiger partial charge on any atom is -0.298 e. The summed E-state index contributed by atoms with van der Waals surface area (Å²) >= 11 is 0. The Balaban J connectivity index is 1.79. The summed E-state index contributed by atoms with van der Waals surface area (Å²) in [5.41, 5.74) is 1.14. The largest absolute Gasteiger partial charge is 0.298 e. The molecule has 0 heterocycles. The molecule has 0 aromatic rings. The molecule has 21 heavy (non-hydrogen) atoms. The summed E-state index contributed by atoms with van der Waals surface area (Å²) in [5.74, 6) is 0.702. The van der Waals surface area contributed by atoms with Gasteiger partial charge in [-0.1, -0.05) is 27.2 Å². The first kappa shape index (κ1) is 15.1. The van der Waals surface area contributed by atoms with Gasteiger partial charge >= 0.3 is 0 Å². The molecular formula is C19H29NO. The van der Waals surface area contributed by atoms with Crippen molar-refractivity contribution in [2.45, 2.75) is 78.6 Å². The van der Waals surface area contributed by atoms with Crippen molar-refractivity contribution in [3.8, 4) is 6.07 Å². The van der Waals surface area contributed by atoms with E-state index in [0.29, 0.717) is 17.3 Å². The highest BCUT2D eigenvalue weighted by Crippen LogP contribution is 2.70. The minimum absolute atomic E-state index is 0.225. The van der Waals surface area contributed by atoms with Crippen LogP contribution in [0.2, 0.25) is 0 Å². The molecule has 0 amide bonds. The Morgan fingerprint density at radius 1 is 1.19 bits per heavy atom. The Kier molecular flexibility index (Phi) is 3.47. The van der Waals surface area contributed by atoms with Crippen LogP contribution in [0.1, 0.15) is 78.6 Å². The third-order valence-electron chi connectivity index (χ3n) is 6.41. The van der Waals surface area contributed by atoms with Crippen LogP contribution in [-0.4, -0.2) is 5.78 Å². The van der Waals surface area contributed by atoms with Gasteiger partial charge in [0.1, 0.15) is 5.92 Å². The van der Waals surface area contributed by atoms with Gasteiger partial charge in [-0.3, -0.25) is 4.79 Å². The van der Waals surface area contributed by atoms with Crippen molar-refractivity contribution in [2.75, 3.05) is 0 Å². The molecule has 0 spiro atoms. The number of rotatable bonds is 5. The van der Waals surface area contributed by atoms with Crippen LogP contribution < -0.4 is 0 Å². The van der Waals surface area contributed by atoms with Crippen molar-refractivity contribution in [1.82, 2.24) is 0 Å². The highest BCUT2D eigenvalue weighted by atomic mass is 16.1. The van der Waals surface area contributed by atoms with Crippen LogP contribution in [0, 0.1) is 39.4 Å². The lowest BCUT2D eigenvalue weighted by molar-refractivity contribution is -0.156. The zero-order valence-corrected chi connectivity index (χ0v) is 13.9. The van der Waals surface area contributed by atoms with Crippen LogP contribution in [0.25, 0.3) is 0 Å². The van der Waals surface area contributed by atoms with Crippen LogP contribution in [0.3, 0.4) is 0 Å². The fourth-order valence-electron chi connectivity index (χ4n) is 6.96. The van der Waals surface area contributed by atoms with Crippen molar-refractivity contribution >= 4 is 5.78 Å². The monoisotopic (exact) mass is 287 g/mol. The van der Waals surface area contributed by atoms with E-state index in [1.807, 2.05) is 0 Å². The normalized spacial score (nSPS) is 45.3. The number of nitrogens with zero attached hydrogens (tertiary/aromatic N) is 1. The Morgan fingerprint density at radius 3 is 2.29 bits per heavy atom. The summed E-state index contributed by atoms with van der Waals surface area (Å²) in [6.07, 6.45) is 10.1. The third kappa shape index (κ3) is 2.65. The van der Waals surface area contributed by atoms with E-state index in [-0.39, 0.29) is 17.1 Å². The van der Waals surface area contributed by atoms with Crippen LogP contribution in [0.4, 0.5) is 0 Å². The maximum absolute atomic E-state index is 12.6. The zero-order valence-electron chi connectivity index (χ0n) is 13.9. The maximum atomic E-state index is 12.6. The Labute approximate surface area is 129 Å². The van der Waals surface area contributed by atoms with E-state index < -0.39 is 0 Å². The topological polar surface area (TPSA) is 40.9 Å². The number of carbonyl (C=O) groups is 1. The van der Waals surface area contributed by atoms with E-state index in [1.54, 1.807) is 0 Å². The summed E-state index contributed by atoms with van der Waals surface area (Å²) < 4.78 is 0. The molecule has 4 saturated carbocycles. The van der Waals surface area contributed by atoms with Crippen LogP contribution in [0.5, 0.6) is 0 Å². The van der Waals surface area contributed by atoms with E-state index >= 15 is 0 Å². The predicted octanol–water partition coefficient (Wildman–Crippen LogP) is 4.88. The predicted molar refractivity (Wildman–Crippen MR) is 83.5 cm³/mol. The first-order valence-electron chi connectivity index (χ1n) is 8.73. The standard InChI is InChI=1S/C19H29NO/c1-4-5-15(10-20)16(21)9-19-8-14-6-17(2,12-19)11-18(3,7-14)13-19/h14-15H,4-9,11-13H2,1-3H3. The van der Waals surface area contributed by atoms with E-state index in [2.05, 4.69) is 26.8 Å². The fraction of sp³-hybridized carbons (Fsp3) is 0.895. The van der Waals surface area contributed by atoms with Gasteiger partial charge in [-0.2, -0.15) is 5.26 Å². The average Bonchev–Trinajstić information content (AvgIpc) is 2.30. The number of nitriles is 1. The molecule has 0 aliphatic heterocycles. The molecule has 0 saturated heterocycles. The van der Waals surface area contributed by atoms with Gasteiger partial charge in [0.15, 0.2) is 5.78 Å². The number of hydrogen-bond donors (Lipinski definition) is 0. The molecule has 116 valence electrons. The first-order valence-corrected chi connectivity index (χ1v) is 8.73. The second-order valence-electron chi connectivity index (χ2n) is 9.24. The van der Waals surface area contributed by atoms with Gasteiger partial charge < -0.3 is 0 Å². The molecule has 0 radical (unpaired) electrons. The molecule has 2 nitrogen and oxygen atoms in total. The Hall–Kier alpha value is -0.840. The molecule has 0 aromatic carbocycles. The second kappa shape index (κ2) is 4.83. The summed E-state index contributed by atoms with van der Waals surface area (Å²) in [5, 5.41) is 9.27. The SMILES string of the molecule is CCCC(C#N)C(=O)CC12CC3CC(C)(CC(C)(C3)C1)C2. The van der Waals surface area contributed by atoms with Crippen molar-refractivity contribution in [3.63, 3.8) is 0 Å². The van der Waals surface area contributed by atoms with E-state index in [1.165, 1.54) is 38.5 Å². The van der Waals surface area contributed by atoms with Crippen molar-refractivity contribution in [1.29, 1.82) is 5.26 Å². The molecule has 4 aliphatic rings. The summed E-state index contributed by atoms with van der Waals surface area (Å²) in [6.45, 7) is 6.95. The van der Waals surface area contributed by atoms with Crippen molar-refractivity contribution in [2.24, 2.45) is 28.1 Å². The fourth-order valence-corrected chi connectivity index (χ4v) is 6.96. The van der Waals surface area contributed by atoms with Gasteiger partial charge in [-0.25, -0.2) is 0 Å². The van der Waals surface area contributed by atoms with Gasteiger partial charge in [-0.15, -0.1) is 0 Å². The third-order valence-corrected chi connectivity index (χ3v) is 6.41. The Morgan fingerprint density at radius 2 is 1.81 bits per heavy atom. The number of hydrogen-bond acceptors (Lipinski definition) is 2. The summed E-state index contributed by atoms with van der Waals surface area (Å²) in [7, 11) is 0. The van der Waals surface area contributed by atoms with E-state index in [9.17, 15) is 10.1 Å². The molecule has 0 N–H and O–H groups in total. The van der Waals surface area contributed by atoms with Gasteiger partial charge in [0.05, 0.1) is 6.07 Å². The first-order chi connectivity index (χ1) is 9.81. The number of ketones is 1. The van der Waals surface area contributed by atoms with Gasteiger partial charge in [0.25, 0.3) is 0 Å². The lowest BCUT2D eigenvalue weighted by Gasteiger charge is -2.65. The molecule has 3 atom stereocenters. The lowest BCUT2D eigenvalue weighted by Crippen LogP contribution is -2.55. The maximum Gasteiger partial charge on any atom is 0.150 e. The summed E-state index contributed by atoms with van der Waals surface area (Å²) in [6, 6.07) is 2.25. The van der Waals surface area contributed by atoms with Gasteiger partial charge in [-0.05, 0) is 67.1 Å². The lowest BCUT2D eigenvalue weighted by atomic mass is 9.39. The number of Topliss-reactive ketones (excluding diaryl/α,β-unsaturated/α-hetero) is 1. The van der Waals surface area contributed by atoms with Gasteiger partial charge in [0.2, 0.25) is 0 Å². The van der Waals surface area contributed by atoms with E-state index in [4.69, 9.17) is 0 Å². The highest BCUT2D eigenvalue weighted by Gasteiger charge is 2.60. The molecule has 4 rings (SSSR count). The molecule has 0 aromatic heterocycles. The smallest absolute Gasteiger partial charge is 0.150 e.